The van der Waals surface area contributed by atoms with Gasteiger partial charge in [-0.1, -0.05) is 6.07 Å². The van der Waals surface area contributed by atoms with Crippen LogP contribution >= 0.6 is 0 Å². The minimum absolute atomic E-state index is 0.122. The van der Waals surface area contributed by atoms with Gasteiger partial charge in [0.15, 0.2) is 5.82 Å². The molecule has 0 bridgehead atoms. The Morgan fingerprint density at radius 1 is 1.12 bits per heavy atom. The van der Waals surface area contributed by atoms with E-state index < -0.39 is 0 Å². The summed E-state index contributed by atoms with van der Waals surface area (Å²) in [6.45, 7) is 1.12. The van der Waals surface area contributed by atoms with Crippen molar-refractivity contribution in [2.24, 2.45) is 0 Å². The Kier molecular flexibility index (Phi) is 5.24. The Balaban J connectivity index is 1.30. The lowest BCUT2D eigenvalue weighted by Crippen LogP contribution is -2.36. The van der Waals surface area contributed by atoms with Crippen LogP contribution in [0.1, 0.15) is 49.5 Å². The van der Waals surface area contributed by atoms with Crippen LogP contribution in [-0.4, -0.2) is 56.6 Å². The molecule has 4 heterocycles. The van der Waals surface area contributed by atoms with E-state index in [1.165, 1.54) is 11.0 Å². The van der Waals surface area contributed by atoms with Gasteiger partial charge in [0.05, 0.1) is 23.8 Å². The molecule has 3 aromatic rings. The number of fused-ring (bicyclic) bond motifs is 1. The number of rotatable bonds is 6. The number of nitrogens with one attached hydrogen (secondary N) is 1. The zero-order chi connectivity index (χ0) is 22.1. The highest BCUT2D eigenvalue weighted by Gasteiger charge is 2.37. The average molecular weight is 431 g/mol. The molecule has 1 unspecified atom stereocenters. The van der Waals surface area contributed by atoms with Crippen molar-refractivity contribution >= 4 is 17.7 Å². The fourth-order valence-electron chi connectivity index (χ4n) is 4.04. The lowest BCUT2D eigenvalue weighted by atomic mass is 10.1. The molecule has 0 aliphatic carbocycles. The molecule has 2 aliphatic heterocycles. The topological polar surface area (TPSA) is 106 Å². The third-order valence-electron chi connectivity index (χ3n) is 5.67. The van der Waals surface area contributed by atoms with Crippen LogP contribution in [0.2, 0.25) is 0 Å². The van der Waals surface area contributed by atoms with Gasteiger partial charge < -0.3 is 10.1 Å². The average Bonchev–Trinajstić information content (AvgIpc) is 3.58. The highest BCUT2D eigenvalue weighted by atomic mass is 16.5. The Bertz CT molecular complexity index is 1180. The van der Waals surface area contributed by atoms with Gasteiger partial charge in [-0.3, -0.25) is 19.3 Å². The van der Waals surface area contributed by atoms with Crippen molar-refractivity contribution in [2.75, 3.05) is 13.2 Å². The monoisotopic (exact) mass is 431 g/mol. The molecule has 3 amide bonds. The van der Waals surface area contributed by atoms with Gasteiger partial charge in [0, 0.05) is 42.9 Å². The number of imide groups is 1. The summed E-state index contributed by atoms with van der Waals surface area (Å²) in [5, 5.41) is 7.04. The van der Waals surface area contributed by atoms with Crippen molar-refractivity contribution < 1.29 is 19.1 Å². The molecule has 2 aromatic heterocycles. The highest BCUT2D eigenvalue weighted by Crippen LogP contribution is 2.26. The number of carbonyl (C=O) groups is 3. The Labute approximate surface area is 184 Å². The fraction of sp³-hybridized carbons (Fsp3) is 0.261. The second-order valence-electron chi connectivity index (χ2n) is 7.74. The first-order chi connectivity index (χ1) is 15.6. The van der Waals surface area contributed by atoms with Crippen LogP contribution in [0.15, 0.2) is 55.0 Å². The number of pyridine rings is 1. The standard InChI is InChI=1S/C23H21N5O4/c29-21(25-13-16-4-1-8-24-20(16)28-10-3-9-26-28)15-6-7-18-19(12-15)23(31)27(22(18)30)14-17-5-2-11-32-17/h1,3-4,6-10,12,17H,2,5,11,13-14H2,(H,25,29). The number of benzene rings is 1. The van der Waals surface area contributed by atoms with E-state index in [-0.39, 0.29) is 42.5 Å². The first-order valence-corrected chi connectivity index (χ1v) is 10.5. The van der Waals surface area contributed by atoms with E-state index >= 15 is 0 Å². The van der Waals surface area contributed by atoms with E-state index in [1.54, 1.807) is 47.5 Å². The second kappa shape index (κ2) is 8.35. The molecule has 0 radical (unpaired) electrons. The number of aromatic nitrogens is 3. The maximum atomic E-state index is 12.8. The molecule has 1 atom stereocenters. The second-order valence-corrected chi connectivity index (χ2v) is 7.74. The van der Waals surface area contributed by atoms with Gasteiger partial charge in [-0.2, -0.15) is 5.10 Å². The molecule has 9 nitrogen and oxygen atoms in total. The summed E-state index contributed by atoms with van der Waals surface area (Å²) in [6, 6.07) is 10.0. The summed E-state index contributed by atoms with van der Waals surface area (Å²) < 4.78 is 7.19. The van der Waals surface area contributed by atoms with E-state index in [2.05, 4.69) is 15.4 Å². The van der Waals surface area contributed by atoms with Crippen molar-refractivity contribution in [3.05, 3.63) is 77.2 Å². The molecule has 1 aromatic carbocycles. The molecule has 5 rings (SSSR count). The van der Waals surface area contributed by atoms with Crippen LogP contribution in [-0.2, 0) is 11.3 Å². The normalized spacial score (nSPS) is 17.6. The van der Waals surface area contributed by atoms with Gasteiger partial charge in [0.1, 0.15) is 0 Å². The maximum absolute atomic E-state index is 12.8. The summed E-state index contributed by atoms with van der Waals surface area (Å²) in [7, 11) is 0. The van der Waals surface area contributed by atoms with Crippen LogP contribution in [0.5, 0.6) is 0 Å². The number of ether oxygens (including phenoxy) is 1. The highest BCUT2D eigenvalue weighted by molar-refractivity contribution is 6.22. The van der Waals surface area contributed by atoms with Crippen molar-refractivity contribution in [2.45, 2.75) is 25.5 Å². The Morgan fingerprint density at radius 2 is 2.00 bits per heavy atom. The van der Waals surface area contributed by atoms with Crippen LogP contribution < -0.4 is 5.32 Å². The zero-order valence-corrected chi connectivity index (χ0v) is 17.2. The number of hydrogen-bond acceptors (Lipinski definition) is 6. The maximum Gasteiger partial charge on any atom is 0.261 e. The zero-order valence-electron chi connectivity index (χ0n) is 17.2. The largest absolute Gasteiger partial charge is 0.376 e. The molecule has 1 fully saturated rings. The molecule has 9 heteroatoms. The lowest BCUT2D eigenvalue weighted by Gasteiger charge is -2.17. The summed E-state index contributed by atoms with van der Waals surface area (Å²) in [4.78, 5) is 43.8. The van der Waals surface area contributed by atoms with E-state index in [0.29, 0.717) is 23.6 Å². The minimum Gasteiger partial charge on any atom is -0.376 e. The molecule has 1 saturated heterocycles. The number of hydrogen-bond donors (Lipinski definition) is 1. The van der Waals surface area contributed by atoms with Crippen LogP contribution in [0.25, 0.3) is 5.82 Å². The van der Waals surface area contributed by atoms with E-state index in [4.69, 9.17) is 4.74 Å². The van der Waals surface area contributed by atoms with Crippen LogP contribution in [0.3, 0.4) is 0 Å². The quantitative estimate of drug-likeness (QED) is 0.598. The van der Waals surface area contributed by atoms with E-state index in [0.717, 1.165) is 18.4 Å². The smallest absolute Gasteiger partial charge is 0.261 e. The molecular weight excluding hydrogens is 410 g/mol. The lowest BCUT2D eigenvalue weighted by molar-refractivity contribution is 0.0475. The molecule has 0 spiro atoms. The summed E-state index contributed by atoms with van der Waals surface area (Å²) in [6.07, 6.45) is 6.73. The van der Waals surface area contributed by atoms with Crippen molar-refractivity contribution in [1.29, 1.82) is 0 Å². The first-order valence-electron chi connectivity index (χ1n) is 10.5. The molecule has 1 N–H and O–H groups in total. The number of amides is 3. The van der Waals surface area contributed by atoms with Gasteiger partial charge in [0.25, 0.3) is 17.7 Å². The molecular formula is C23H21N5O4. The molecule has 2 aliphatic rings. The summed E-state index contributed by atoms with van der Waals surface area (Å²) in [5.74, 6) is -0.451. The first kappa shape index (κ1) is 20.1. The molecule has 162 valence electrons. The Morgan fingerprint density at radius 3 is 2.78 bits per heavy atom. The number of carbonyl (C=O) groups excluding carboxylic acids is 3. The van der Waals surface area contributed by atoms with Crippen molar-refractivity contribution in [3.8, 4) is 5.82 Å². The predicted molar refractivity (Wildman–Crippen MR) is 113 cm³/mol. The van der Waals surface area contributed by atoms with Crippen molar-refractivity contribution in [1.82, 2.24) is 25.0 Å². The van der Waals surface area contributed by atoms with Crippen molar-refractivity contribution in [3.63, 3.8) is 0 Å². The van der Waals surface area contributed by atoms with Crippen LogP contribution in [0, 0.1) is 0 Å². The third-order valence-corrected chi connectivity index (χ3v) is 5.67. The summed E-state index contributed by atoms with van der Waals surface area (Å²) >= 11 is 0. The van der Waals surface area contributed by atoms with E-state index in [1.807, 2.05) is 6.07 Å². The van der Waals surface area contributed by atoms with Gasteiger partial charge in [-0.05, 0) is 43.2 Å². The van der Waals surface area contributed by atoms with Gasteiger partial charge >= 0.3 is 0 Å². The fourth-order valence-corrected chi connectivity index (χ4v) is 4.04. The predicted octanol–water partition coefficient (Wildman–Crippen LogP) is 1.97. The Hall–Kier alpha value is -3.85. The SMILES string of the molecule is O=C(NCc1cccnc1-n1cccn1)c1ccc2c(c1)C(=O)N(CC1CCCO1)C2=O. The van der Waals surface area contributed by atoms with Gasteiger partial charge in [-0.15, -0.1) is 0 Å². The third kappa shape index (κ3) is 3.67. The summed E-state index contributed by atoms with van der Waals surface area (Å²) in [5.41, 5.74) is 1.67. The molecule has 0 saturated carbocycles. The van der Waals surface area contributed by atoms with Crippen LogP contribution in [0.4, 0.5) is 0 Å². The number of nitrogens with zero attached hydrogens (tertiary/aromatic N) is 4. The van der Waals surface area contributed by atoms with E-state index in [9.17, 15) is 14.4 Å². The van der Waals surface area contributed by atoms with Gasteiger partial charge in [-0.25, -0.2) is 9.67 Å². The van der Waals surface area contributed by atoms with Gasteiger partial charge in [0.2, 0.25) is 0 Å². The minimum atomic E-state index is -0.386. The molecule has 32 heavy (non-hydrogen) atoms.